The highest BCUT2D eigenvalue weighted by Gasteiger charge is 2.29. The van der Waals surface area contributed by atoms with Crippen molar-refractivity contribution in [2.24, 2.45) is 0 Å². The van der Waals surface area contributed by atoms with Crippen LogP contribution in [-0.4, -0.2) is 29.9 Å². The van der Waals surface area contributed by atoms with E-state index in [2.05, 4.69) is 23.5 Å². The van der Waals surface area contributed by atoms with Crippen LogP contribution in [0.5, 0.6) is 0 Å². The second kappa shape index (κ2) is 9.40. The van der Waals surface area contributed by atoms with E-state index in [-0.39, 0.29) is 6.03 Å². The van der Waals surface area contributed by atoms with Gasteiger partial charge < -0.3 is 10.2 Å². The van der Waals surface area contributed by atoms with Gasteiger partial charge in [0.15, 0.2) is 0 Å². The van der Waals surface area contributed by atoms with E-state index in [0.29, 0.717) is 31.0 Å². The number of nitrogens with one attached hydrogen (secondary N) is 1. The fourth-order valence-electron chi connectivity index (χ4n) is 4.25. The minimum Gasteiger partial charge on any atom is -0.320 e. The normalized spacial score (nSPS) is 13.9. The van der Waals surface area contributed by atoms with Gasteiger partial charge in [0.05, 0.1) is 11.4 Å². The predicted molar refractivity (Wildman–Crippen MR) is 124 cm³/mol. The molecule has 0 spiro atoms. The second-order valence-corrected chi connectivity index (χ2v) is 8.27. The Morgan fingerprint density at radius 2 is 1.61 bits per heavy atom. The molecule has 0 aliphatic carbocycles. The first-order valence-corrected chi connectivity index (χ1v) is 10.8. The number of carbonyl (C=O) groups excluding carboxylic acids is 2. The summed E-state index contributed by atoms with van der Waals surface area (Å²) in [6, 6.07) is 16.1. The van der Waals surface area contributed by atoms with Gasteiger partial charge in [0, 0.05) is 19.6 Å². The van der Waals surface area contributed by atoms with Crippen LogP contribution in [0.15, 0.2) is 60.7 Å². The molecule has 1 fully saturated rings. The molecule has 0 unspecified atom stereocenters. The van der Waals surface area contributed by atoms with Gasteiger partial charge >= 0.3 is 6.03 Å². The number of carbonyl (C=O) groups is 2. The average molecular weight is 450 g/mol. The summed E-state index contributed by atoms with van der Waals surface area (Å²) < 4.78 is 28.1. The van der Waals surface area contributed by atoms with Crippen LogP contribution < -0.4 is 10.2 Å². The first kappa shape index (κ1) is 22.5. The highest BCUT2D eigenvalue weighted by molar-refractivity contribution is 6.08. The topological polar surface area (TPSA) is 52.6 Å². The molecule has 0 atom stereocenters. The largest absolute Gasteiger partial charge is 0.324 e. The number of rotatable bonds is 5. The molecule has 3 amide bonds. The lowest BCUT2D eigenvalue weighted by atomic mass is 10.1. The van der Waals surface area contributed by atoms with Crippen LogP contribution in [0.2, 0.25) is 0 Å². The van der Waals surface area contributed by atoms with E-state index in [1.807, 2.05) is 13.8 Å². The number of hydrogen-bond donors (Lipinski definition) is 1. The van der Waals surface area contributed by atoms with Crippen molar-refractivity contribution in [3.8, 4) is 0 Å². The summed E-state index contributed by atoms with van der Waals surface area (Å²) in [5, 5.41) is 2.57. The predicted octanol–water partition coefficient (Wildman–Crippen LogP) is 5.67. The Balaban J connectivity index is 1.58. The molecule has 1 aliphatic heterocycles. The molecular weight excluding hydrogens is 424 g/mol. The molecule has 4 rings (SSSR count). The van der Waals surface area contributed by atoms with E-state index in [4.69, 9.17) is 0 Å². The molecule has 0 radical (unpaired) electrons. The summed E-state index contributed by atoms with van der Waals surface area (Å²) in [6.45, 7) is 5.63. The monoisotopic (exact) mass is 449 g/mol. The van der Waals surface area contributed by atoms with Gasteiger partial charge in [0.1, 0.15) is 17.2 Å². The van der Waals surface area contributed by atoms with Crippen LogP contribution in [0.25, 0.3) is 0 Å². The van der Waals surface area contributed by atoms with Crippen LogP contribution in [0.1, 0.15) is 33.5 Å². The Morgan fingerprint density at radius 1 is 0.939 bits per heavy atom. The number of para-hydroxylation sites is 2. The van der Waals surface area contributed by atoms with Crippen molar-refractivity contribution in [1.29, 1.82) is 0 Å². The standard InChI is InChI=1S/C26H25F2N3O2/c1-17-13-18(2)15-19(14-17)16-30-11-6-12-31(26(30)33)23-10-4-3-9-22(23)29-25(32)24-20(27)7-5-8-21(24)28/h3-5,7-10,13-15H,6,11-12,16H2,1-2H3,(H,29,32). The van der Waals surface area contributed by atoms with Gasteiger partial charge in [-0.1, -0.05) is 47.5 Å². The van der Waals surface area contributed by atoms with Crippen LogP contribution in [0, 0.1) is 25.5 Å². The molecule has 1 saturated heterocycles. The van der Waals surface area contributed by atoms with Gasteiger partial charge in [-0.25, -0.2) is 13.6 Å². The van der Waals surface area contributed by atoms with Crippen molar-refractivity contribution in [3.63, 3.8) is 0 Å². The lowest BCUT2D eigenvalue weighted by Crippen LogP contribution is -2.49. The number of aryl methyl sites for hydroxylation is 2. The van der Waals surface area contributed by atoms with Crippen LogP contribution in [0.4, 0.5) is 25.0 Å². The maximum atomic E-state index is 14.1. The lowest BCUT2D eigenvalue weighted by Gasteiger charge is -2.36. The van der Waals surface area contributed by atoms with Crippen molar-refractivity contribution in [1.82, 2.24) is 4.90 Å². The minimum atomic E-state index is -0.946. The number of nitrogens with zero attached hydrogens (tertiary/aromatic N) is 2. The molecule has 1 aliphatic rings. The molecule has 7 heteroatoms. The molecule has 1 heterocycles. The molecule has 0 aromatic heterocycles. The van der Waals surface area contributed by atoms with Crippen molar-refractivity contribution in [2.45, 2.75) is 26.8 Å². The van der Waals surface area contributed by atoms with Crippen LogP contribution in [0.3, 0.4) is 0 Å². The first-order valence-electron chi connectivity index (χ1n) is 10.8. The molecule has 170 valence electrons. The van der Waals surface area contributed by atoms with Gasteiger partial charge in [-0.05, 0) is 50.1 Å². The minimum absolute atomic E-state index is 0.181. The number of benzene rings is 3. The second-order valence-electron chi connectivity index (χ2n) is 8.27. The van der Waals surface area contributed by atoms with Crippen molar-refractivity contribution < 1.29 is 18.4 Å². The molecule has 3 aromatic rings. The Kier molecular flexibility index (Phi) is 6.40. The lowest BCUT2D eigenvalue weighted by molar-refractivity contribution is 0.101. The summed E-state index contributed by atoms with van der Waals surface area (Å²) in [6.07, 6.45) is 0.751. The van der Waals surface area contributed by atoms with Crippen molar-refractivity contribution in [3.05, 3.63) is 94.6 Å². The molecule has 0 saturated carbocycles. The zero-order valence-corrected chi connectivity index (χ0v) is 18.6. The van der Waals surface area contributed by atoms with E-state index >= 15 is 0 Å². The number of hydrogen-bond acceptors (Lipinski definition) is 2. The SMILES string of the molecule is Cc1cc(C)cc(CN2CCCN(c3ccccc3NC(=O)c3c(F)cccc3F)C2=O)c1. The maximum absolute atomic E-state index is 14.1. The summed E-state index contributed by atoms with van der Waals surface area (Å²) in [4.78, 5) is 29.3. The molecular formula is C26H25F2N3O2. The van der Waals surface area contributed by atoms with Crippen molar-refractivity contribution in [2.75, 3.05) is 23.3 Å². The van der Waals surface area contributed by atoms with E-state index in [0.717, 1.165) is 35.2 Å². The van der Waals surface area contributed by atoms with Gasteiger partial charge in [-0.2, -0.15) is 0 Å². The Morgan fingerprint density at radius 3 is 2.30 bits per heavy atom. The van der Waals surface area contributed by atoms with Crippen molar-refractivity contribution >= 4 is 23.3 Å². The molecule has 33 heavy (non-hydrogen) atoms. The van der Waals surface area contributed by atoms with Gasteiger partial charge in [0.25, 0.3) is 5.91 Å². The Labute approximate surface area is 191 Å². The van der Waals surface area contributed by atoms with Gasteiger partial charge in [-0.15, -0.1) is 0 Å². The quantitative estimate of drug-likeness (QED) is 0.546. The molecule has 3 aromatic carbocycles. The smallest absolute Gasteiger partial charge is 0.320 e. The average Bonchev–Trinajstić information content (AvgIpc) is 2.75. The third kappa shape index (κ3) is 4.87. The summed E-state index contributed by atoms with van der Waals surface area (Å²) in [7, 11) is 0. The fraction of sp³-hybridized carbons (Fsp3) is 0.231. The third-order valence-corrected chi connectivity index (χ3v) is 5.60. The molecule has 0 bridgehead atoms. The zero-order chi connectivity index (χ0) is 23.5. The first-order chi connectivity index (χ1) is 15.8. The summed E-state index contributed by atoms with van der Waals surface area (Å²) in [5.74, 6) is -2.80. The third-order valence-electron chi connectivity index (χ3n) is 5.60. The van der Waals surface area contributed by atoms with E-state index in [1.165, 1.54) is 6.07 Å². The van der Waals surface area contributed by atoms with Crippen LogP contribution >= 0.6 is 0 Å². The van der Waals surface area contributed by atoms with Gasteiger partial charge in [-0.3, -0.25) is 9.69 Å². The van der Waals surface area contributed by atoms with E-state index in [1.54, 1.807) is 34.1 Å². The number of amides is 3. The summed E-state index contributed by atoms with van der Waals surface area (Å²) >= 11 is 0. The van der Waals surface area contributed by atoms with E-state index < -0.39 is 23.1 Å². The zero-order valence-electron chi connectivity index (χ0n) is 18.6. The summed E-state index contributed by atoms with van der Waals surface area (Å²) in [5.41, 5.74) is 3.47. The van der Waals surface area contributed by atoms with Gasteiger partial charge in [0.2, 0.25) is 0 Å². The van der Waals surface area contributed by atoms with Crippen LogP contribution in [-0.2, 0) is 6.54 Å². The number of halogens is 2. The molecule has 1 N–H and O–H groups in total. The highest BCUT2D eigenvalue weighted by Crippen LogP contribution is 2.30. The maximum Gasteiger partial charge on any atom is 0.324 e. The molecule has 5 nitrogen and oxygen atoms in total. The highest BCUT2D eigenvalue weighted by atomic mass is 19.1. The Bertz CT molecular complexity index is 1170. The number of urea groups is 1. The fourth-order valence-corrected chi connectivity index (χ4v) is 4.25. The number of anilines is 2. The van der Waals surface area contributed by atoms with E-state index in [9.17, 15) is 18.4 Å². The Hall–Kier alpha value is -3.74.